The van der Waals surface area contributed by atoms with Crippen molar-refractivity contribution in [2.75, 3.05) is 57.9 Å². The lowest BCUT2D eigenvalue weighted by Gasteiger charge is -2.28. The molecule has 1 unspecified atom stereocenters. The number of anilines is 1. The number of rotatable bonds is 8. The molecule has 3 heterocycles. The van der Waals surface area contributed by atoms with Crippen LogP contribution < -0.4 is 9.64 Å². The van der Waals surface area contributed by atoms with Gasteiger partial charge in [-0.2, -0.15) is 0 Å². The SMILES string of the molecule is COc1ccc(-c2ccc(N3CCCN(C(=O)CN(CC4CCCO4)C(=O)C4CC4)CC3)nn2)cc1. The third-order valence-electron chi connectivity index (χ3n) is 7.22. The molecule has 192 valence electrons. The molecule has 1 atom stereocenters. The molecule has 9 nitrogen and oxygen atoms in total. The summed E-state index contributed by atoms with van der Waals surface area (Å²) >= 11 is 0. The van der Waals surface area contributed by atoms with Crippen molar-refractivity contribution < 1.29 is 19.1 Å². The van der Waals surface area contributed by atoms with E-state index in [1.165, 1.54) is 0 Å². The van der Waals surface area contributed by atoms with E-state index in [-0.39, 0.29) is 30.4 Å². The van der Waals surface area contributed by atoms with Crippen LogP contribution in [-0.4, -0.2) is 90.9 Å². The van der Waals surface area contributed by atoms with E-state index >= 15 is 0 Å². The first-order chi connectivity index (χ1) is 17.6. The van der Waals surface area contributed by atoms with E-state index in [2.05, 4.69) is 15.1 Å². The number of aromatic nitrogens is 2. The molecule has 1 saturated carbocycles. The number of amides is 2. The van der Waals surface area contributed by atoms with Crippen molar-refractivity contribution in [3.05, 3.63) is 36.4 Å². The van der Waals surface area contributed by atoms with Gasteiger partial charge in [-0.05, 0) is 68.5 Å². The number of carbonyl (C=O) groups is 2. The summed E-state index contributed by atoms with van der Waals surface area (Å²) in [6.45, 7) is 4.19. The van der Waals surface area contributed by atoms with Gasteiger partial charge in [0.25, 0.3) is 0 Å². The summed E-state index contributed by atoms with van der Waals surface area (Å²) in [6.07, 6.45) is 4.75. The molecule has 9 heteroatoms. The zero-order valence-corrected chi connectivity index (χ0v) is 21.0. The van der Waals surface area contributed by atoms with Crippen LogP contribution in [0.3, 0.4) is 0 Å². The predicted octanol–water partition coefficient (Wildman–Crippen LogP) is 2.61. The molecule has 0 spiro atoms. The molecular formula is C27H35N5O4. The molecule has 3 fully saturated rings. The Balaban J connectivity index is 1.17. The summed E-state index contributed by atoms with van der Waals surface area (Å²) in [6, 6.07) is 11.7. The second kappa shape index (κ2) is 11.2. The minimum absolute atomic E-state index is 0.0183. The van der Waals surface area contributed by atoms with Crippen LogP contribution in [-0.2, 0) is 14.3 Å². The van der Waals surface area contributed by atoms with E-state index in [1.54, 1.807) is 12.0 Å². The standard InChI is InChI=1S/C27H35N5O4/c1-35-22-9-7-20(8-10-22)24-11-12-25(29-28-24)30-13-3-14-31(16-15-30)26(33)19-32(27(34)21-5-6-21)18-23-4-2-17-36-23/h7-12,21,23H,2-6,13-19H2,1H3. The van der Waals surface area contributed by atoms with Gasteiger partial charge in [0.2, 0.25) is 11.8 Å². The number of hydrogen-bond acceptors (Lipinski definition) is 7. The fraction of sp³-hybridized carbons (Fsp3) is 0.556. The van der Waals surface area contributed by atoms with Crippen LogP contribution in [0.15, 0.2) is 36.4 Å². The number of hydrogen-bond donors (Lipinski definition) is 0. The summed E-state index contributed by atoms with van der Waals surface area (Å²) in [5, 5.41) is 8.89. The van der Waals surface area contributed by atoms with E-state index in [1.807, 2.05) is 41.3 Å². The lowest BCUT2D eigenvalue weighted by atomic mass is 10.1. The first-order valence-corrected chi connectivity index (χ1v) is 13.0. The first kappa shape index (κ1) is 24.5. The highest BCUT2D eigenvalue weighted by Gasteiger charge is 2.36. The van der Waals surface area contributed by atoms with Gasteiger partial charge in [-0.1, -0.05) is 0 Å². The molecule has 2 aromatic rings. The zero-order chi connectivity index (χ0) is 24.9. The van der Waals surface area contributed by atoms with Crippen molar-refractivity contribution in [1.29, 1.82) is 0 Å². The van der Waals surface area contributed by atoms with Gasteiger partial charge < -0.3 is 24.2 Å². The number of benzene rings is 1. The third kappa shape index (κ3) is 5.95. The highest BCUT2D eigenvalue weighted by molar-refractivity contribution is 5.87. The molecule has 3 aliphatic rings. The van der Waals surface area contributed by atoms with Crippen LogP contribution in [0, 0.1) is 5.92 Å². The maximum Gasteiger partial charge on any atom is 0.242 e. The predicted molar refractivity (Wildman–Crippen MR) is 136 cm³/mol. The molecule has 2 saturated heterocycles. The third-order valence-corrected chi connectivity index (χ3v) is 7.22. The molecule has 0 bridgehead atoms. The van der Waals surface area contributed by atoms with Gasteiger partial charge in [0.15, 0.2) is 5.82 Å². The molecular weight excluding hydrogens is 458 g/mol. The van der Waals surface area contributed by atoms with Gasteiger partial charge in [-0.3, -0.25) is 9.59 Å². The summed E-state index contributed by atoms with van der Waals surface area (Å²) < 4.78 is 11.0. The summed E-state index contributed by atoms with van der Waals surface area (Å²) in [4.78, 5) is 31.9. The number of ether oxygens (including phenoxy) is 2. The molecule has 1 aromatic heterocycles. The second-order valence-corrected chi connectivity index (χ2v) is 9.85. The molecule has 1 aliphatic carbocycles. The van der Waals surface area contributed by atoms with Crippen LogP contribution in [0.1, 0.15) is 32.1 Å². The van der Waals surface area contributed by atoms with Crippen molar-refractivity contribution >= 4 is 17.6 Å². The van der Waals surface area contributed by atoms with Crippen molar-refractivity contribution in [2.45, 2.75) is 38.2 Å². The van der Waals surface area contributed by atoms with Gasteiger partial charge in [-0.15, -0.1) is 10.2 Å². The Hall–Kier alpha value is -3.20. The van der Waals surface area contributed by atoms with Crippen molar-refractivity contribution in [1.82, 2.24) is 20.0 Å². The fourth-order valence-electron chi connectivity index (χ4n) is 4.92. The highest BCUT2D eigenvalue weighted by atomic mass is 16.5. The van der Waals surface area contributed by atoms with Gasteiger partial charge in [0.1, 0.15) is 5.75 Å². The molecule has 1 aromatic carbocycles. The Kier molecular flexibility index (Phi) is 7.65. The Morgan fingerprint density at radius 3 is 2.50 bits per heavy atom. The smallest absolute Gasteiger partial charge is 0.242 e. The minimum atomic E-state index is 0.0183. The van der Waals surface area contributed by atoms with E-state index in [0.29, 0.717) is 26.2 Å². The van der Waals surface area contributed by atoms with Crippen LogP contribution in [0.25, 0.3) is 11.3 Å². The van der Waals surface area contributed by atoms with Gasteiger partial charge in [0.05, 0.1) is 25.5 Å². The second-order valence-electron chi connectivity index (χ2n) is 9.85. The minimum Gasteiger partial charge on any atom is -0.497 e. The zero-order valence-electron chi connectivity index (χ0n) is 21.0. The normalized spacial score (nSPS) is 20.2. The first-order valence-electron chi connectivity index (χ1n) is 13.0. The van der Waals surface area contributed by atoms with Gasteiger partial charge >= 0.3 is 0 Å². The molecule has 2 amide bonds. The molecule has 2 aliphatic heterocycles. The van der Waals surface area contributed by atoms with E-state index < -0.39 is 0 Å². The fourth-order valence-corrected chi connectivity index (χ4v) is 4.92. The average molecular weight is 494 g/mol. The quantitative estimate of drug-likeness (QED) is 0.559. The molecule has 0 radical (unpaired) electrons. The van der Waals surface area contributed by atoms with Crippen molar-refractivity contribution in [3.63, 3.8) is 0 Å². The Labute approximate surface area is 212 Å². The highest BCUT2D eigenvalue weighted by Crippen LogP contribution is 2.31. The lowest BCUT2D eigenvalue weighted by Crippen LogP contribution is -2.47. The molecule has 36 heavy (non-hydrogen) atoms. The van der Waals surface area contributed by atoms with Crippen LogP contribution in [0.4, 0.5) is 5.82 Å². The topological polar surface area (TPSA) is 88.1 Å². The van der Waals surface area contributed by atoms with Gasteiger partial charge in [0, 0.05) is 50.8 Å². The molecule has 5 rings (SSSR count). The van der Waals surface area contributed by atoms with Crippen molar-refractivity contribution in [2.24, 2.45) is 5.92 Å². The average Bonchev–Trinajstić information content (AvgIpc) is 3.69. The van der Waals surface area contributed by atoms with Gasteiger partial charge in [-0.25, -0.2) is 0 Å². The lowest BCUT2D eigenvalue weighted by molar-refractivity contribution is -0.142. The maximum absolute atomic E-state index is 13.2. The Bertz CT molecular complexity index is 1040. The number of carbonyl (C=O) groups excluding carboxylic acids is 2. The largest absolute Gasteiger partial charge is 0.497 e. The maximum atomic E-state index is 13.2. The van der Waals surface area contributed by atoms with Crippen LogP contribution in [0.2, 0.25) is 0 Å². The van der Waals surface area contributed by atoms with Crippen LogP contribution in [0.5, 0.6) is 5.75 Å². The number of nitrogens with zero attached hydrogens (tertiary/aromatic N) is 5. The van der Waals surface area contributed by atoms with Crippen molar-refractivity contribution in [3.8, 4) is 17.0 Å². The summed E-state index contributed by atoms with van der Waals surface area (Å²) in [5.74, 6) is 1.84. The summed E-state index contributed by atoms with van der Waals surface area (Å²) in [5.41, 5.74) is 1.79. The van der Waals surface area contributed by atoms with E-state index in [4.69, 9.17) is 9.47 Å². The summed E-state index contributed by atoms with van der Waals surface area (Å²) in [7, 11) is 1.65. The Morgan fingerprint density at radius 2 is 1.83 bits per heavy atom. The Morgan fingerprint density at radius 1 is 1.00 bits per heavy atom. The van der Waals surface area contributed by atoms with E-state index in [9.17, 15) is 9.59 Å². The van der Waals surface area contributed by atoms with E-state index in [0.717, 1.165) is 68.1 Å². The number of methoxy groups -OCH3 is 1. The monoisotopic (exact) mass is 493 g/mol. The van der Waals surface area contributed by atoms with Crippen LogP contribution >= 0.6 is 0 Å². The molecule has 0 N–H and O–H groups in total.